The third-order valence-corrected chi connectivity index (χ3v) is 4.81. The van der Waals surface area contributed by atoms with E-state index in [4.69, 9.17) is 30.2 Å². The molecule has 2 N–H and O–H groups in total. The molecule has 1 heterocycles. The van der Waals surface area contributed by atoms with Crippen molar-refractivity contribution in [1.82, 2.24) is 5.32 Å². The van der Waals surface area contributed by atoms with Crippen molar-refractivity contribution >= 4 is 34.6 Å². The standard InChI is InChI=1S/C24H26ClNO7/c1-5-30-22(28)17(26-23(29)33-24(2,3)4)12-14-13-19(21-15(20(14)27)10-11-31-21)32-18-9-7-6-8-16(18)25/h6-11,13,17,27H,5,12H2,1-4H3,(H,26,29). The monoisotopic (exact) mass is 475 g/mol. The van der Waals surface area contributed by atoms with E-state index in [-0.39, 0.29) is 24.5 Å². The number of hydrogen-bond acceptors (Lipinski definition) is 7. The van der Waals surface area contributed by atoms with Crippen molar-refractivity contribution in [2.75, 3.05) is 6.61 Å². The average Bonchev–Trinajstić information content (AvgIpc) is 3.22. The molecular weight excluding hydrogens is 450 g/mol. The van der Waals surface area contributed by atoms with Crippen molar-refractivity contribution < 1.29 is 33.3 Å². The molecule has 0 radical (unpaired) electrons. The van der Waals surface area contributed by atoms with Crippen LogP contribution in [0.4, 0.5) is 4.79 Å². The molecule has 33 heavy (non-hydrogen) atoms. The van der Waals surface area contributed by atoms with Crippen LogP contribution in [0.25, 0.3) is 11.0 Å². The third kappa shape index (κ3) is 6.10. The summed E-state index contributed by atoms with van der Waals surface area (Å²) in [6, 6.07) is 8.91. The normalized spacial score (nSPS) is 12.3. The molecule has 1 amide bonds. The SMILES string of the molecule is CCOC(=O)C(Cc1cc(Oc2ccccc2Cl)c2occc2c1O)NC(=O)OC(C)(C)C. The van der Waals surface area contributed by atoms with E-state index in [2.05, 4.69) is 5.32 Å². The third-order valence-electron chi connectivity index (χ3n) is 4.50. The van der Waals surface area contributed by atoms with Crippen LogP contribution in [-0.2, 0) is 20.7 Å². The highest BCUT2D eigenvalue weighted by molar-refractivity contribution is 6.32. The molecule has 0 fully saturated rings. The van der Waals surface area contributed by atoms with Gasteiger partial charge in [0.1, 0.15) is 23.1 Å². The molecule has 0 saturated carbocycles. The lowest BCUT2D eigenvalue weighted by atomic mass is 10.0. The number of para-hydroxylation sites is 1. The van der Waals surface area contributed by atoms with Gasteiger partial charge in [-0.3, -0.25) is 0 Å². The first kappa shape index (κ1) is 24.3. The number of rotatable bonds is 7. The number of phenolic OH excluding ortho intramolecular Hbond substituents is 1. The summed E-state index contributed by atoms with van der Waals surface area (Å²) in [7, 11) is 0. The van der Waals surface area contributed by atoms with Gasteiger partial charge in [0, 0.05) is 12.0 Å². The summed E-state index contributed by atoms with van der Waals surface area (Å²) < 4.78 is 21.8. The zero-order chi connectivity index (χ0) is 24.2. The molecule has 0 aliphatic rings. The molecule has 1 unspecified atom stereocenters. The zero-order valence-corrected chi connectivity index (χ0v) is 19.6. The molecular formula is C24H26ClNO7. The minimum atomic E-state index is -1.11. The number of amides is 1. The largest absolute Gasteiger partial charge is 0.507 e. The Labute approximate surface area is 196 Å². The Morgan fingerprint density at radius 3 is 2.58 bits per heavy atom. The van der Waals surface area contributed by atoms with Gasteiger partial charge in [0.15, 0.2) is 11.3 Å². The molecule has 0 aliphatic heterocycles. The quantitative estimate of drug-likeness (QED) is 0.429. The predicted octanol–water partition coefficient (Wildman–Crippen LogP) is 5.58. The zero-order valence-electron chi connectivity index (χ0n) is 18.8. The first-order chi connectivity index (χ1) is 15.6. The summed E-state index contributed by atoms with van der Waals surface area (Å²) >= 11 is 6.21. The first-order valence-electron chi connectivity index (χ1n) is 10.4. The van der Waals surface area contributed by atoms with E-state index in [1.165, 1.54) is 12.3 Å². The van der Waals surface area contributed by atoms with Gasteiger partial charge in [0.05, 0.1) is 23.3 Å². The molecule has 9 heteroatoms. The molecule has 0 saturated heterocycles. The summed E-state index contributed by atoms with van der Waals surface area (Å²) in [4.78, 5) is 24.9. The van der Waals surface area contributed by atoms with E-state index in [1.54, 1.807) is 58.0 Å². The minimum absolute atomic E-state index is 0.0795. The number of aromatic hydroxyl groups is 1. The molecule has 0 spiro atoms. The summed E-state index contributed by atoms with van der Waals surface area (Å²) in [5.41, 5.74) is -0.110. The van der Waals surface area contributed by atoms with Gasteiger partial charge < -0.3 is 29.1 Å². The number of fused-ring (bicyclic) bond motifs is 1. The van der Waals surface area contributed by atoms with E-state index >= 15 is 0 Å². The van der Waals surface area contributed by atoms with Crippen molar-refractivity contribution in [3.8, 4) is 17.2 Å². The van der Waals surface area contributed by atoms with Gasteiger partial charge >= 0.3 is 12.1 Å². The van der Waals surface area contributed by atoms with Crippen LogP contribution in [0.3, 0.4) is 0 Å². The fourth-order valence-electron chi connectivity index (χ4n) is 3.13. The summed E-state index contributed by atoms with van der Waals surface area (Å²) in [5.74, 6) is -0.0905. The van der Waals surface area contributed by atoms with E-state index in [9.17, 15) is 14.7 Å². The smallest absolute Gasteiger partial charge is 0.408 e. The maximum Gasteiger partial charge on any atom is 0.408 e. The molecule has 3 rings (SSSR count). The van der Waals surface area contributed by atoms with Crippen molar-refractivity contribution in [2.45, 2.75) is 45.8 Å². The summed E-state index contributed by atoms with van der Waals surface area (Å²) in [6.07, 6.45) is 0.552. The van der Waals surface area contributed by atoms with E-state index in [0.717, 1.165) is 0 Å². The number of alkyl carbamates (subject to hydrolysis) is 1. The fraction of sp³-hybridized carbons (Fsp3) is 0.333. The minimum Gasteiger partial charge on any atom is -0.507 e. The van der Waals surface area contributed by atoms with Crippen LogP contribution in [0.2, 0.25) is 5.02 Å². The number of esters is 1. The van der Waals surface area contributed by atoms with Gasteiger partial charge in [-0.05, 0) is 52.0 Å². The average molecular weight is 476 g/mol. The second-order valence-corrected chi connectivity index (χ2v) is 8.64. The maximum atomic E-state index is 12.6. The van der Waals surface area contributed by atoms with Gasteiger partial charge in [-0.2, -0.15) is 0 Å². The highest BCUT2D eigenvalue weighted by Gasteiger charge is 2.28. The number of carbonyl (C=O) groups is 2. The van der Waals surface area contributed by atoms with Crippen molar-refractivity contribution in [2.24, 2.45) is 0 Å². The van der Waals surface area contributed by atoms with Crippen LogP contribution in [0.1, 0.15) is 33.3 Å². The van der Waals surface area contributed by atoms with Crippen LogP contribution < -0.4 is 10.1 Å². The lowest BCUT2D eigenvalue weighted by Gasteiger charge is -2.23. The number of hydrogen-bond donors (Lipinski definition) is 2. The molecule has 3 aromatic rings. The number of carbonyl (C=O) groups excluding carboxylic acids is 2. The van der Waals surface area contributed by atoms with Crippen LogP contribution >= 0.6 is 11.6 Å². The highest BCUT2D eigenvalue weighted by atomic mass is 35.5. The fourth-order valence-corrected chi connectivity index (χ4v) is 3.31. The Kier molecular flexibility index (Phi) is 7.38. The Hall–Kier alpha value is -3.39. The Bertz CT molecular complexity index is 1150. The number of ether oxygens (including phenoxy) is 3. The maximum absolute atomic E-state index is 12.6. The Balaban J connectivity index is 1.96. The van der Waals surface area contributed by atoms with Crippen molar-refractivity contribution in [3.05, 3.63) is 53.2 Å². The lowest BCUT2D eigenvalue weighted by Crippen LogP contribution is -2.45. The molecule has 0 bridgehead atoms. The lowest BCUT2D eigenvalue weighted by molar-refractivity contribution is -0.145. The van der Waals surface area contributed by atoms with Crippen LogP contribution in [-0.4, -0.2) is 35.4 Å². The Morgan fingerprint density at radius 2 is 1.91 bits per heavy atom. The number of nitrogens with one attached hydrogen (secondary N) is 1. The molecule has 2 aromatic carbocycles. The van der Waals surface area contributed by atoms with Crippen LogP contribution in [0, 0.1) is 0 Å². The highest BCUT2D eigenvalue weighted by Crippen LogP contribution is 2.40. The summed E-state index contributed by atoms with van der Waals surface area (Å²) in [5, 5.41) is 14.1. The Morgan fingerprint density at radius 1 is 1.18 bits per heavy atom. The molecule has 176 valence electrons. The second kappa shape index (κ2) is 10.0. The van der Waals surface area contributed by atoms with E-state index < -0.39 is 23.7 Å². The second-order valence-electron chi connectivity index (χ2n) is 8.23. The number of benzene rings is 2. The van der Waals surface area contributed by atoms with Gasteiger partial charge in [-0.25, -0.2) is 9.59 Å². The predicted molar refractivity (Wildman–Crippen MR) is 123 cm³/mol. The van der Waals surface area contributed by atoms with Crippen molar-refractivity contribution in [3.63, 3.8) is 0 Å². The van der Waals surface area contributed by atoms with Gasteiger partial charge in [-0.15, -0.1) is 0 Å². The molecule has 0 aliphatic carbocycles. The number of phenols is 1. The topological polar surface area (TPSA) is 107 Å². The molecule has 8 nitrogen and oxygen atoms in total. The molecule has 1 atom stereocenters. The van der Waals surface area contributed by atoms with Crippen LogP contribution in [0.5, 0.6) is 17.2 Å². The number of halogens is 1. The molecule has 1 aromatic heterocycles. The van der Waals surface area contributed by atoms with Crippen molar-refractivity contribution in [1.29, 1.82) is 0 Å². The van der Waals surface area contributed by atoms with Crippen LogP contribution in [0.15, 0.2) is 47.1 Å². The summed E-state index contributed by atoms with van der Waals surface area (Å²) in [6.45, 7) is 6.92. The number of furan rings is 1. The van der Waals surface area contributed by atoms with Gasteiger partial charge in [-0.1, -0.05) is 23.7 Å². The van der Waals surface area contributed by atoms with Gasteiger partial charge in [0.25, 0.3) is 0 Å². The first-order valence-corrected chi connectivity index (χ1v) is 10.8. The van der Waals surface area contributed by atoms with E-state index in [0.29, 0.717) is 27.3 Å². The van der Waals surface area contributed by atoms with E-state index in [1.807, 2.05) is 0 Å². The van der Waals surface area contributed by atoms with Gasteiger partial charge in [0.2, 0.25) is 0 Å².